The Morgan fingerprint density at radius 3 is 2.50 bits per heavy atom. The van der Waals surface area contributed by atoms with E-state index in [9.17, 15) is 0 Å². The van der Waals surface area contributed by atoms with Gasteiger partial charge in [-0.3, -0.25) is 0 Å². The highest BCUT2D eigenvalue weighted by molar-refractivity contribution is 5.66. The van der Waals surface area contributed by atoms with E-state index in [1.54, 1.807) is 0 Å². The second kappa shape index (κ2) is 8.46. The molecule has 144 valence electrons. The second-order valence-electron chi connectivity index (χ2n) is 7.09. The third-order valence-corrected chi connectivity index (χ3v) is 5.17. The summed E-state index contributed by atoms with van der Waals surface area (Å²) < 4.78 is 29.7. The Kier molecular flexibility index (Phi) is 5.82. The zero-order valence-electron chi connectivity index (χ0n) is 15.5. The molecule has 3 aliphatic heterocycles. The van der Waals surface area contributed by atoms with Gasteiger partial charge in [0.15, 0.2) is 24.1 Å². The second-order valence-corrected chi connectivity index (χ2v) is 7.09. The topological polar surface area (TPSA) is 49.4 Å². The molecule has 4 rings (SSSR count). The van der Waals surface area contributed by atoms with Gasteiger partial charge in [0.25, 0.3) is 0 Å². The van der Waals surface area contributed by atoms with Gasteiger partial charge >= 0.3 is 0 Å². The largest absolute Gasteiger partial charge is 0.486 e. The van der Waals surface area contributed by atoms with Crippen molar-refractivity contribution in [2.75, 3.05) is 31.3 Å². The highest BCUT2D eigenvalue weighted by Gasteiger charge is 2.29. The van der Waals surface area contributed by atoms with E-state index in [0.717, 1.165) is 75.5 Å². The fourth-order valence-corrected chi connectivity index (χ4v) is 3.77. The number of benzene rings is 1. The van der Waals surface area contributed by atoms with Crippen LogP contribution in [0.25, 0.3) is 0 Å². The summed E-state index contributed by atoms with van der Waals surface area (Å²) in [4.78, 5) is 2.23. The normalized spacial score (nSPS) is 27.3. The highest BCUT2D eigenvalue weighted by Crippen LogP contribution is 2.42. The molecule has 6 nitrogen and oxygen atoms in total. The lowest BCUT2D eigenvalue weighted by Crippen LogP contribution is -2.43. The molecule has 1 aromatic rings. The maximum Gasteiger partial charge on any atom is 0.200 e. The molecule has 3 heterocycles. The van der Waals surface area contributed by atoms with Crippen molar-refractivity contribution in [2.24, 2.45) is 0 Å². The Bertz CT molecular complexity index is 584. The smallest absolute Gasteiger partial charge is 0.200 e. The number of nitrogens with zero attached hydrogens (tertiary/aromatic N) is 1. The lowest BCUT2D eigenvalue weighted by atomic mass is 10.2. The van der Waals surface area contributed by atoms with Crippen LogP contribution in [0.5, 0.6) is 11.5 Å². The third kappa shape index (κ3) is 4.08. The first-order chi connectivity index (χ1) is 12.8. The molecule has 0 bridgehead atoms. The standard InChI is InChI=1S/C20H29NO5/c1-15(25-18-9-2-4-12-22-18)21-11-14-24-20-16(21)7-6-8-17(20)26-19-10-3-5-13-23-19/h6-8,15,18-19H,2-5,9-14H2,1H3. The van der Waals surface area contributed by atoms with Crippen LogP contribution in [0, 0.1) is 0 Å². The minimum atomic E-state index is -0.182. The molecule has 3 aliphatic rings. The maximum atomic E-state index is 6.16. The number of para-hydroxylation sites is 1. The van der Waals surface area contributed by atoms with Crippen LogP contribution >= 0.6 is 0 Å². The van der Waals surface area contributed by atoms with Crippen LogP contribution in [0.1, 0.15) is 45.4 Å². The predicted octanol–water partition coefficient (Wildman–Crippen LogP) is 3.68. The van der Waals surface area contributed by atoms with Crippen molar-refractivity contribution < 1.29 is 23.7 Å². The first-order valence-corrected chi connectivity index (χ1v) is 9.89. The molecule has 3 atom stereocenters. The SMILES string of the molecule is CC(OC1CCCCO1)N1CCOc2c(OC3CCCCO3)cccc21. The molecule has 0 spiro atoms. The average Bonchev–Trinajstić information content (AvgIpc) is 2.69. The lowest BCUT2D eigenvalue weighted by Gasteiger charge is -2.38. The van der Waals surface area contributed by atoms with E-state index in [0.29, 0.717) is 6.61 Å². The Hall–Kier alpha value is -1.50. The number of anilines is 1. The van der Waals surface area contributed by atoms with Crippen LogP contribution in [0.3, 0.4) is 0 Å². The summed E-state index contributed by atoms with van der Waals surface area (Å²) in [6.45, 7) is 5.02. The van der Waals surface area contributed by atoms with Crippen LogP contribution in [0.2, 0.25) is 0 Å². The van der Waals surface area contributed by atoms with Gasteiger partial charge in [-0.2, -0.15) is 0 Å². The molecule has 26 heavy (non-hydrogen) atoms. The van der Waals surface area contributed by atoms with E-state index < -0.39 is 0 Å². The molecule has 2 fully saturated rings. The first kappa shape index (κ1) is 17.9. The van der Waals surface area contributed by atoms with Crippen LogP contribution in [0.4, 0.5) is 5.69 Å². The van der Waals surface area contributed by atoms with E-state index in [2.05, 4.69) is 17.9 Å². The Morgan fingerprint density at radius 2 is 1.77 bits per heavy atom. The predicted molar refractivity (Wildman–Crippen MR) is 97.6 cm³/mol. The van der Waals surface area contributed by atoms with E-state index in [-0.39, 0.29) is 18.8 Å². The summed E-state index contributed by atoms with van der Waals surface area (Å²) in [5, 5.41) is 0. The van der Waals surface area contributed by atoms with Crippen molar-refractivity contribution in [1.82, 2.24) is 0 Å². The van der Waals surface area contributed by atoms with Crippen molar-refractivity contribution in [1.29, 1.82) is 0 Å². The summed E-state index contributed by atoms with van der Waals surface area (Å²) >= 11 is 0. The molecule has 3 unspecified atom stereocenters. The van der Waals surface area contributed by atoms with Gasteiger partial charge < -0.3 is 28.6 Å². The van der Waals surface area contributed by atoms with Crippen LogP contribution in [0.15, 0.2) is 18.2 Å². The molecular weight excluding hydrogens is 334 g/mol. The van der Waals surface area contributed by atoms with E-state index in [1.165, 1.54) is 0 Å². The van der Waals surface area contributed by atoms with Crippen molar-refractivity contribution in [3.05, 3.63) is 18.2 Å². The summed E-state index contributed by atoms with van der Waals surface area (Å²) in [5.41, 5.74) is 1.01. The highest BCUT2D eigenvalue weighted by atomic mass is 16.7. The van der Waals surface area contributed by atoms with Crippen molar-refractivity contribution in [3.63, 3.8) is 0 Å². The minimum Gasteiger partial charge on any atom is -0.486 e. The minimum absolute atomic E-state index is 0.0815. The molecule has 0 aliphatic carbocycles. The zero-order valence-corrected chi connectivity index (χ0v) is 15.5. The van der Waals surface area contributed by atoms with Gasteiger partial charge in [0, 0.05) is 13.0 Å². The van der Waals surface area contributed by atoms with Crippen molar-refractivity contribution in [2.45, 2.75) is 64.3 Å². The average molecular weight is 363 g/mol. The number of hydrogen-bond donors (Lipinski definition) is 0. The molecule has 0 amide bonds. The van der Waals surface area contributed by atoms with E-state index in [1.807, 2.05) is 12.1 Å². The Labute approximate surface area is 155 Å². The number of rotatable bonds is 5. The maximum absolute atomic E-state index is 6.16. The van der Waals surface area contributed by atoms with Crippen molar-refractivity contribution in [3.8, 4) is 11.5 Å². The van der Waals surface area contributed by atoms with Gasteiger partial charge in [0.1, 0.15) is 12.8 Å². The van der Waals surface area contributed by atoms with E-state index >= 15 is 0 Å². The van der Waals surface area contributed by atoms with Gasteiger partial charge in [-0.15, -0.1) is 0 Å². The van der Waals surface area contributed by atoms with Gasteiger partial charge in [-0.05, 0) is 51.2 Å². The van der Waals surface area contributed by atoms with Crippen LogP contribution in [-0.4, -0.2) is 45.2 Å². The first-order valence-electron chi connectivity index (χ1n) is 9.89. The fourth-order valence-electron chi connectivity index (χ4n) is 3.77. The molecule has 6 heteroatoms. The summed E-state index contributed by atoms with van der Waals surface area (Å²) in [5.74, 6) is 1.54. The van der Waals surface area contributed by atoms with Gasteiger partial charge in [-0.25, -0.2) is 0 Å². The molecule has 2 saturated heterocycles. The summed E-state index contributed by atoms with van der Waals surface area (Å²) in [6, 6.07) is 6.02. The van der Waals surface area contributed by atoms with Gasteiger partial charge in [0.2, 0.25) is 0 Å². The Balaban J connectivity index is 1.47. The van der Waals surface area contributed by atoms with Gasteiger partial charge in [0.05, 0.1) is 18.8 Å². The zero-order chi connectivity index (χ0) is 17.8. The lowest BCUT2D eigenvalue weighted by molar-refractivity contribution is -0.184. The summed E-state index contributed by atoms with van der Waals surface area (Å²) in [7, 11) is 0. The van der Waals surface area contributed by atoms with Gasteiger partial charge in [-0.1, -0.05) is 6.07 Å². The van der Waals surface area contributed by atoms with Crippen molar-refractivity contribution >= 4 is 5.69 Å². The fraction of sp³-hybridized carbons (Fsp3) is 0.700. The van der Waals surface area contributed by atoms with Crippen LogP contribution in [-0.2, 0) is 14.2 Å². The van der Waals surface area contributed by atoms with Crippen LogP contribution < -0.4 is 14.4 Å². The number of ether oxygens (including phenoxy) is 5. The molecular formula is C20H29NO5. The molecule has 0 radical (unpaired) electrons. The number of fused-ring (bicyclic) bond motifs is 1. The molecule has 0 N–H and O–H groups in total. The number of hydrogen-bond acceptors (Lipinski definition) is 6. The third-order valence-electron chi connectivity index (χ3n) is 5.17. The molecule has 0 saturated carbocycles. The Morgan fingerprint density at radius 1 is 1.00 bits per heavy atom. The molecule has 1 aromatic carbocycles. The quantitative estimate of drug-likeness (QED) is 0.795. The monoisotopic (exact) mass is 363 g/mol. The summed E-state index contributed by atoms with van der Waals surface area (Å²) in [6.07, 6.45) is 6.04. The van der Waals surface area contributed by atoms with E-state index in [4.69, 9.17) is 23.7 Å². The molecule has 0 aromatic heterocycles.